The molecule has 0 saturated heterocycles. The number of nitrogens with zero attached hydrogens (tertiary/aromatic N) is 1. The Hall–Kier alpha value is -2.57. The zero-order valence-electron chi connectivity index (χ0n) is 9.49. The molecule has 8 nitrogen and oxygen atoms in total. The van der Waals surface area contributed by atoms with Gasteiger partial charge in [0.15, 0.2) is 5.57 Å². The van der Waals surface area contributed by atoms with Crippen LogP contribution in [0.1, 0.15) is 0 Å². The Kier molecular flexibility index (Phi) is 4.11. The number of nitriles is 1. The summed E-state index contributed by atoms with van der Waals surface area (Å²) < 4.78 is 30.4. The highest BCUT2D eigenvalue weighted by atomic mass is 32.2. The summed E-state index contributed by atoms with van der Waals surface area (Å²) in [5.41, 5.74) is 10.3. The number of carbonyl (C=O) groups is 1. The Balaban J connectivity index is 3.03. The summed E-state index contributed by atoms with van der Waals surface area (Å²) in [6, 6.07) is 6.39. The monoisotopic (exact) mass is 282 g/mol. The van der Waals surface area contributed by atoms with Gasteiger partial charge in [0, 0.05) is 5.69 Å². The number of hydrogen-bond donors (Lipinski definition) is 4. The lowest BCUT2D eigenvalue weighted by Gasteiger charge is -2.07. The molecule has 100 valence electrons. The quantitative estimate of drug-likeness (QED) is 0.329. The molecule has 0 bridgehead atoms. The van der Waals surface area contributed by atoms with Crippen LogP contribution in [0.4, 0.5) is 5.69 Å². The molecule has 0 atom stereocenters. The second-order valence-electron chi connectivity index (χ2n) is 3.39. The summed E-state index contributed by atoms with van der Waals surface area (Å²) in [5.74, 6) is -1.24. The topological polar surface area (TPSA) is 159 Å². The predicted molar refractivity (Wildman–Crippen MR) is 65.9 cm³/mol. The van der Waals surface area contributed by atoms with E-state index in [0.29, 0.717) is 5.69 Å². The van der Waals surface area contributed by atoms with Crippen LogP contribution in [0.5, 0.6) is 0 Å². The average molecular weight is 282 g/mol. The second-order valence-corrected chi connectivity index (χ2v) is 4.81. The van der Waals surface area contributed by atoms with Crippen molar-refractivity contribution in [3.05, 3.63) is 35.7 Å². The lowest BCUT2D eigenvalue weighted by molar-refractivity contribution is -0.114. The maximum absolute atomic E-state index is 10.9. The lowest BCUT2D eigenvalue weighted by Crippen LogP contribution is -2.21. The number of nitrogens with two attached hydrogens (primary N) is 2. The first-order valence-electron chi connectivity index (χ1n) is 4.80. The maximum Gasteiger partial charge on any atom is 0.294 e. The molecule has 0 aliphatic rings. The Morgan fingerprint density at radius 2 is 1.79 bits per heavy atom. The molecular weight excluding hydrogens is 272 g/mol. The molecule has 0 saturated carbocycles. The van der Waals surface area contributed by atoms with E-state index in [4.69, 9.17) is 21.3 Å². The fourth-order valence-corrected chi connectivity index (χ4v) is 1.66. The van der Waals surface area contributed by atoms with Crippen molar-refractivity contribution in [3.8, 4) is 6.07 Å². The van der Waals surface area contributed by atoms with Crippen molar-refractivity contribution in [3.63, 3.8) is 0 Å². The maximum atomic E-state index is 10.9. The zero-order chi connectivity index (χ0) is 14.6. The van der Waals surface area contributed by atoms with Gasteiger partial charge in [0.25, 0.3) is 16.0 Å². The van der Waals surface area contributed by atoms with Gasteiger partial charge in [0.1, 0.15) is 11.9 Å². The normalized spacial score (nSPS) is 12.2. The van der Waals surface area contributed by atoms with Crippen molar-refractivity contribution in [2.24, 2.45) is 11.5 Å². The Morgan fingerprint density at radius 3 is 2.16 bits per heavy atom. The second kappa shape index (κ2) is 5.38. The molecule has 0 fully saturated rings. The van der Waals surface area contributed by atoms with Crippen LogP contribution in [0.2, 0.25) is 0 Å². The molecule has 0 spiro atoms. The molecule has 9 heteroatoms. The largest absolute Gasteiger partial charge is 0.384 e. The standard InChI is InChI=1S/C10H10N4O4S/c11-5-8(10(13)15)9(12)14-6-1-3-7(4-2-6)19(16,17)18/h1-4,14H,12H2,(H2,13,15)(H,16,17,18). The first-order valence-corrected chi connectivity index (χ1v) is 6.24. The van der Waals surface area contributed by atoms with Crippen LogP contribution in [0.25, 0.3) is 0 Å². The fraction of sp³-hybridized carbons (Fsp3) is 0. The number of carbonyl (C=O) groups excluding carboxylic acids is 1. The van der Waals surface area contributed by atoms with Gasteiger partial charge >= 0.3 is 0 Å². The Bertz CT molecular complexity index is 670. The van der Waals surface area contributed by atoms with Gasteiger partial charge < -0.3 is 16.8 Å². The number of nitrogens with one attached hydrogen (secondary N) is 1. The molecule has 1 aromatic carbocycles. The van der Waals surface area contributed by atoms with Crippen molar-refractivity contribution >= 4 is 21.7 Å². The van der Waals surface area contributed by atoms with Crippen LogP contribution in [-0.2, 0) is 14.9 Å². The van der Waals surface area contributed by atoms with Crippen molar-refractivity contribution in [2.45, 2.75) is 4.90 Å². The van der Waals surface area contributed by atoms with E-state index in [-0.39, 0.29) is 10.7 Å². The van der Waals surface area contributed by atoms with Crippen LogP contribution in [-0.4, -0.2) is 18.9 Å². The minimum Gasteiger partial charge on any atom is -0.384 e. The molecule has 1 aromatic rings. The van der Waals surface area contributed by atoms with Crippen LogP contribution in [0.3, 0.4) is 0 Å². The van der Waals surface area contributed by atoms with Gasteiger partial charge in [-0.25, -0.2) is 0 Å². The summed E-state index contributed by atoms with van der Waals surface area (Å²) in [6.07, 6.45) is 0. The van der Waals surface area contributed by atoms with Gasteiger partial charge in [-0.15, -0.1) is 0 Å². The van der Waals surface area contributed by atoms with Gasteiger partial charge in [0.05, 0.1) is 4.90 Å². The number of benzene rings is 1. The lowest BCUT2D eigenvalue weighted by atomic mass is 10.2. The third kappa shape index (κ3) is 3.70. The van der Waals surface area contributed by atoms with Crippen molar-refractivity contribution < 1.29 is 17.8 Å². The van der Waals surface area contributed by atoms with Crippen LogP contribution in [0.15, 0.2) is 40.6 Å². The number of hydrogen-bond acceptors (Lipinski definition) is 6. The molecule has 0 radical (unpaired) electrons. The van der Waals surface area contributed by atoms with Crippen LogP contribution in [0, 0.1) is 11.3 Å². The molecule has 0 aliphatic heterocycles. The highest BCUT2D eigenvalue weighted by molar-refractivity contribution is 7.85. The zero-order valence-corrected chi connectivity index (χ0v) is 10.3. The highest BCUT2D eigenvalue weighted by Crippen LogP contribution is 2.15. The van der Waals surface area contributed by atoms with E-state index in [1.165, 1.54) is 18.2 Å². The Labute approximate surface area is 109 Å². The molecule has 6 N–H and O–H groups in total. The number of primary amides is 1. The van der Waals surface area contributed by atoms with E-state index in [2.05, 4.69) is 5.32 Å². The van der Waals surface area contributed by atoms with Crippen molar-refractivity contribution in [1.29, 1.82) is 5.26 Å². The van der Waals surface area contributed by atoms with E-state index in [1.807, 2.05) is 0 Å². The minimum absolute atomic E-state index is 0.255. The van der Waals surface area contributed by atoms with Gasteiger partial charge in [-0.2, -0.15) is 13.7 Å². The molecule has 19 heavy (non-hydrogen) atoms. The van der Waals surface area contributed by atoms with Crippen LogP contribution < -0.4 is 16.8 Å². The molecular formula is C10H10N4O4S. The molecule has 0 aromatic heterocycles. The van der Waals surface area contributed by atoms with Crippen LogP contribution >= 0.6 is 0 Å². The van der Waals surface area contributed by atoms with Gasteiger partial charge in [-0.1, -0.05) is 0 Å². The summed E-state index contributed by atoms with van der Waals surface area (Å²) in [4.78, 5) is 10.6. The molecule has 0 heterocycles. The third-order valence-corrected chi connectivity index (χ3v) is 2.93. The summed E-state index contributed by atoms with van der Waals surface area (Å²) in [5, 5.41) is 11.2. The van der Waals surface area contributed by atoms with E-state index in [9.17, 15) is 13.2 Å². The number of anilines is 1. The van der Waals surface area contributed by atoms with E-state index < -0.39 is 21.6 Å². The predicted octanol–water partition coefficient (Wildman–Crippen LogP) is -0.476. The molecule has 1 amide bonds. The summed E-state index contributed by atoms with van der Waals surface area (Å²) >= 11 is 0. The Morgan fingerprint density at radius 1 is 1.26 bits per heavy atom. The fourth-order valence-electron chi connectivity index (χ4n) is 1.18. The van der Waals surface area contributed by atoms with Gasteiger partial charge in [-0.3, -0.25) is 9.35 Å². The molecule has 0 aliphatic carbocycles. The van der Waals surface area contributed by atoms with Crippen molar-refractivity contribution in [1.82, 2.24) is 0 Å². The molecule has 1 rings (SSSR count). The molecule has 0 unspecified atom stereocenters. The van der Waals surface area contributed by atoms with Gasteiger partial charge in [0.2, 0.25) is 0 Å². The minimum atomic E-state index is -4.28. The smallest absolute Gasteiger partial charge is 0.294 e. The third-order valence-electron chi connectivity index (χ3n) is 2.06. The van der Waals surface area contributed by atoms with Crippen molar-refractivity contribution in [2.75, 3.05) is 5.32 Å². The number of amides is 1. The SMILES string of the molecule is N#CC(C(N)=O)=C(N)Nc1ccc(S(=O)(=O)O)cc1. The first kappa shape index (κ1) is 14.5. The summed E-state index contributed by atoms with van der Waals surface area (Å²) in [7, 11) is -4.28. The van der Waals surface area contributed by atoms with E-state index >= 15 is 0 Å². The first-order chi connectivity index (χ1) is 8.75. The highest BCUT2D eigenvalue weighted by Gasteiger charge is 2.11. The van der Waals surface area contributed by atoms with Gasteiger partial charge in [-0.05, 0) is 24.3 Å². The van der Waals surface area contributed by atoms with E-state index in [1.54, 1.807) is 0 Å². The number of rotatable bonds is 4. The van der Waals surface area contributed by atoms with E-state index in [0.717, 1.165) is 12.1 Å². The average Bonchev–Trinajstić information content (AvgIpc) is 2.28. The summed E-state index contributed by atoms with van der Waals surface area (Å²) in [6.45, 7) is 0.